The van der Waals surface area contributed by atoms with Gasteiger partial charge in [-0.15, -0.1) is 0 Å². The number of aliphatic hydroxyl groups is 1. The average molecular weight is 274 g/mol. The largest absolute Gasteiger partial charge is 0.390 e. The van der Waals surface area contributed by atoms with Crippen molar-refractivity contribution in [3.05, 3.63) is 30.1 Å². The first kappa shape index (κ1) is 13.6. The fraction of sp³-hybridized carbons (Fsp3) is 0.562. The van der Waals surface area contributed by atoms with Gasteiger partial charge in [-0.3, -0.25) is 0 Å². The first-order chi connectivity index (χ1) is 9.70. The van der Waals surface area contributed by atoms with Crippen molar-refractivity contribution in [3.63, 3.8) is 0 Å². The predicted octanol–water partition coefficient (Wildman–Crippen LogP) is 2.38. The minimum absolute atomic E-state index is 0.0554. The summed E-state index contributed by atoms with van der Waals surface area (Å²) in [6.45, 7) is 5.87. The Hall–Kier alpha value is -1.39. The van der Waals surface area contributed by atoms with E-state index in [0.717, 1.165) is 36.4 Å². The Balaban J connectivity index is 1.86. The molecule has 0 aliphatic carbocycles. The van der Waals surface area contributed by atoms with Gasteiger partial charge >= 0.3 is 0 Å². The first-order valence-corrected chi connectivity index (χ1v) is 7.44. The number of hydrogen-bond acceptors (Lipinski definition) is 3. The van der Waals surface area contributed by atoms with E-state index in [9.17, 15) is 5.11 Å². The summed E-state index contributed by atoms with van der Waals surface area (Å²) in [6.07, 6.45) is 1.05. The lowest BCUT2D eigenvalue weighted by atomic mass is 9.97. The number of hydrogen-bond donors (Lipinski definition) is 1. The molecule has 4 nitrogen and oxygen atoms in total. The van der Waals surface area contributed by atoms with Gasteiger partial charge in [0, 0.05) is 19.6 Å². The van der Waals surface area contributed by atoms with Gasteiger partial charge in [-0.25, -0.2) is 4.98 Å². The van der Waals surface area contributed by atoms with Crippen molar-refractivity contribution in [2.24, 2.45) is 5.92 Å². The number of nitrogens with zero attached hydrogens (tertiary/aromatic N) is 2. The highest BCUT2D eigenvalue weighted by atomic mass is 16.5. The minimum atomic E-state index is -0.477. The molecule has 0 bridgehead atoms. The highest BCUT2D eigenvalue weighted by molar-refractivity contribution is 5.75. The van der Waals surface area contributed by atoms with Gasteiger partial charge in [-0.1, -0.05) is 19.1 Å². The Morgan fingerprint density at radius 1 is 1.45 bits per heavy atom. The van der Waals surface area contributed by atoms with E-state index in [1.54, 1.807) is 0 Å². The molecular formula is C16H22N2O2. The van der Waals surface area contributed by atoms with E-state index < -0.39 is 6.10 Å². The van der Waals surface area contributed by atoms with Crippen molar-refractivity contribution in [2.75, 3.05) is 6.61 Å². The van der Waals surface area contributed by atoms with Gasteiger partial charge in [0.2, 0.25) is 0 Å². The Bertz CT molecular complexity index is 593. The summed E-state index contributed by atoms with van der Waals surface area (Å²) in [7, 11) is 0. The number of para-hydroxylation sites is 2. The molecule has 0 amide bonds. The van der Waals surface area contributed by atoms with Crippen molar-refractivity contribution < 1.29 is 9.84 Å². The lowest BCUT2D eigenvalue weighted by Crippen LogP contribution is -2.32. The van der Waals surface area contributed by atoms with E-state index in [2.05, 4.69) is 29.5 Å². The molecule has 1 aliphatic rings. The molecule has 0 radical (unpaired) electrons. The normalized spacial score (nSPS) is 24.4. The van der Waals surface area contributed by atoms with Crippen LogP contribution >= 0.6 is 0 Å². The molecule has 20 heavy (non-hydrogen) atoms. The van der Waals surface area contributed by atoms with Gasteiger partial charge in [0.25, 0.3) is 0 Å². The van der Waals surface area contributed by atoms with Crippen molar-refractivity contribution in [1.82, 2.24) is 9.55 Å². The van der Waals surface area contributed by atoms with Crippen LogP contribution in [0.2, 0.25) is 0 Å². The lowest BCUT2D eigenvalue weighted by molar-refractivity contribution is -0.0168. The summed E-state index contributed by atoms with van der Waals surface area (Å²) >= 11 is 0. The predicted molar refractivity (Wildman–Crippen MR) is 78.6 cm³/mol. The topological polar surface area (TPSA) is 47.3 Å². The number of fused-ring (bicyclic) bond motifs is 1. The number of aromatic nitrogens is 2. The molecule has 1 aromatic carbocycles. The molecule has 1 saturated heterocycles. The zero-order chi connectivity index (χ0) is 14.1. The average Bonchev–Trinajstić information content (AvgIpc) is 3.01. The number of aryl methyl sites for hydroxylation is 1. The van der Waals surface area contributed by atoms with Crippen LogP contribution in [-0.2, 0) is 17.7 Å². The summed E-state index contributed by atoms with van der Waals surface area (Å²) < 4.78 is 7.84. The Labute approximate surface area is 119 Å². The molecule has 2 aromatic rings. The van der Waals surface area contributed by atoms with Crippen molar-refractivity contribution in [1.29, 1.82) is 0 Å². The fourth-order valence-electron chi connectivity index (χ4n) is 3.15. The van der Waals surface area contributed by atoms with Crippen LogP contribution in [0.1, 0.15) is 26.1 Å². The molecule has 3 rings (SSSR count). The second-order valence-corrected chi connectivity index (χ2v) is 5.63. The van der Waals surface area contributed by atoms with Crippen LogP contribution in [0.3, 0.4) is 0 Å². The molecule has 3 atom stereocenters. The third-order valence-electron chi connectivity index (χ3n) is 4.27. The maximum atomic E-state index is 10.4. The molecule has 108 valence electrons. The molecule has 1 aromatic heterocycles. The van der Waals surface area contributed by atoms with E-state index in [-0.39, 0.29) is 6.10 Å². The van der Waals surface area contributed by atoms with Gasteiger partial charge in [-0.2, -0.15) is 0 Å². The van der Waals surface area contributed by atoms with Crippen LogP contribution in [-0.4, -0.2) is 33.5 Å². The maximum absolute atomic E-state index is 10.4. The molecule has 2 heterocycles. The fourth-order valence-corrected chi connectivity index (χ4v) is 3.15. The maximum Gasteiger partial charge on any atom is 0.112 e. The minimum Gasteiger partial charge on any atom is -0.390 e. The quantitative estimate of drug-likeness (QED) is 0.931. The number of benzene rings is 1. The standard InChI is InChI=1S/C16H22N2O2/c1-3-18-13-7-5-4-6-12(13)17-15(18)10-14(19)16-11(2)8-9-20-16/h4-7,11,14,16,19H,3,8-10H2,1-2H3. The Kier molecular flexibility index (Phi) is 3.76. The van der Waals surface area contributed by atoms with E-state index in [1.165, 1.54) is 0 Å². The first-order valence-electron chi connectivity index (χ1n) is 7.44. The van der Waals surface area contributed by atoms with Gasteiger partial charge in [0.05, 0.1) is 23.2 Å². The second-order valence-electron chi connectivity index (χ2n) is 5.63. The monoisotopic (exact) mass is 274 g/mol. The summed E-state index contributed by atoms with van der Waals surface area (Å²) in [5.41, 5.74) is 2.13. The molecule has 1 N–H and O–H groups in total. The number of rotatable bonds is 4. The van der Waals surface area contributed by atoms with Gasteiger partial charge in [-0.05, 0) is 31.4 Å². The van der Waals surface area contributed by atoms with Crippen LogP contribution in [0, 0.1) is 5.92 Å². The summed E-state index contributed by atoms with van der Waals surface area (Å²) in [4.78, 5) is 4.67. The Morgan fingerprint density at radius 3 is 2.95 bits per heavy atom. The van der Waals surface area contributed by atoms with E-state index >= 15 is 0 Å². The molecule has 0 saturated carbocycles. The summed E-state index contributed by atoms with van der Waals surface area (Å²) in [6, 6.07) is 8.12. The smallest absolute Gasteiger partial charge is 0.112 e. The zero-order valence-corrected chi connectivity index (χ0v) is 12.1. The van der Waals surface area contributed by atoms with Gasteiger partial charge in [0.15, 0.2) is 0 Å². The molecule has 1 aliphatic heterocycles. The molecule has 4 heteroatoms. The zero-order valence-electron chi connectivity index (χ0n) is 12.1. The van der Waals surface area contributed by atoms with Crippen LogP contribution in [0.15, 0.2) is 24.3 Å². The second kappa shape index (κ2) is 5.54. The summed E-state index contributed by atoms with van der Waals surface area (Å²) in [5, 5.41) is 10.4. The number of imidazole rings is 1. The molecule has 3 unspecified atom stereocenters. The molecule has 0 spiro atoms. The lowest BCUT2D eigenvalue weighted by Gasteiger charge is -2.21. The van der Waals surface area contributed by atoms with Crippen LogP contribution in [0.4, 0.5) is 0 Å². The highest BCUT2D eigenvalue weighted by Crippen LogP contribution is 2.25. The number of ether oxygens (including phenoxy) is 1. The highest BCUT2D eigenvalue weighted by Gasteiger charge is 2.31. The molecule has 1 fully saturated rings. The van der Waals surface area contributed by atoms with E-state index in [4.69, 9.17) is 4.74 Å². The summed E-state index contributed by atoms with van der Waals surface area (Å²) in [5.74, 6) is 1.37. The van der Waals surface area contributed by atoms with Gasteiger partial charge < -0.3 is 14.4 Å². The van der Waals surface area contributed by atoms with Crippen LogP contribution in [0.5, 0.6) is 0 Å². The van der Waals surface area contributed by atoms with Gasteiger partial charge in [0.1, 0.15) is 5.82 Å². The van der Waals surface area contributed by atoms with E-state index in [1.807, 2.05) is 18.2 Å². The van der Waals surface area contributed by atoms with Crippen LogP contribution in [0.25, 0.3) is 11.0 Å². The third-order valence-corrected chi connectivity index (χ3v) is 4.27. The van der Waals surface area contributed by atoms with Crippen LogP contribution < -0.4 is 0 Å². The van der Waals surface area contributed by atoms with E-state index in [0.29, 0.717) is 12.3 Å². The van der Waals surface area contributed by atoms with Crippen molar-refractivity contribution >= 4 is 11.0 Å². The SMILES string of the molecule is CCn1c(CC(O)C2OCCC2C)nc2ccccc21. The van der Waals surface area contributed by atoms with Crippen molar-refractivity contribution in [2.45, 2.75) is 45.4 Å². The Morgan fingerprint density at radius 2 is 2.25 bits per heavy atom. The molecular weight excluding hydrogens is 252 g/mol. The van der Waals surface area contributed by atoms with Crippen molar-refractivity contribution in [3.8, 4) is 0 Å². The number of aliphatic hydroxyl groups excluding tert-OH is 1. The third kappa shape index (κ3) is 2.34.